The molecule has 2 fully saturated rings. The highest BCUT2D eigenvalue weighted by molar-refractivity contribution is 7.09. The molecule has 2 saturated heterocycles. The van der Waals surface area contributed by atoms with Crippen LogP contribution in [0.2, 0.25) is 0 Å². The normalized spacial score (nSPS) is 18.1. The first-order valence-corrected chi connectivity index (χ1v) is 10.6. The summed E-state index contributed by atoms with van der Waals surface area (Å²) in [6, 6.07) is 2.12. The summed E-state index contributed by atoms with van der Waals surface area (Å²) in [5.74, 6) is 2.12. The van der Waals surface area contributed by atoms with E-state index in [0.29, 0.717) is 18.2 Å². The Morgan fingerprint density at radius 3 is 2.48 bits per heavy atom. The highest BCUT2D eigenvalue weighted by Crippen LogP contribution is 2.32. The summed E-state index contributed by atoms with van der Waals surface area (Å²) in [6.45, 7) is 6.24. The Balaban J connectivity index is 1.38. The Bertz CT molecular complexity index is 782. The number of nitrogens with zero attached hydrogens (tertiary/aromatic N) is 5. The summed E-state index contributed by atoms with van der Waals surface area (Å²) in [5.41, 5.74) is 0.435. The number of piperidine rings is 1. The van der Waals surface area contributed by atoms with E-state index in [1.165, 1.54) is 12.8 Å². The average molecular weight is 388 g/mol. The van der Waals surface area contributed by atoms with Gasteiger partial charge in [0.15, 0.2) is 5.69 Å². The highest BCUT2D eigenvalue weighted by Gasteiger charge is 2.25. The zero-order valence-corrected chi connectivity index (χ0v) is 16.5. The van der Waals surface area contributed by atoms with Gasteiger partial charge in [-0.3, -0.25) is 0 Å². The van der Waals surface area contributed by atoms with Crippen molar-refractivity contribution in [3.05, 3.63) is 28.5 Å². The molecule has 27 heavy (non-hydrogen) atoms. The maximum atomic E-state index is 11.8. The molecule has 2 aliphatic heterocycles. The Morgan fingerprint density at radius 2 is 1.81 bits per heavy atom. The quantitative estimate of drug-likeness (QED) is 0.730. The SMILES string of the molecule is CCOC(=O)c1csc(C2CCN(c3cc(N4CCCC4)ncn3)CC2)n1. The number of esters is 1. The second kappa shape index (κ2) is 8.21. The van der Waals surface area contributed by atoms with Crippen LogP contribution in [0.15, 0.2) is 17.8 Å². The number of rotatable bonds is 5. The van der Waals surface area contributed by atoms with E-state index in [4.69, 9.17) is 4.74 Å². The van der Waals surface area contributed by atoms with Gasteiger partial charge in [-0.05, 0) is 32.6 Å². The minimum absolute atomic E-state index is 0.326. The van der Waals surface area contributed by atoms with Crippen molar-refractivity contribution in [1.82, 2.24) is 15.0 Å². The number of hydrogen-bond donors (Lipinski definition) is 0. The Hall–Kier alpha value is -2.22. The third kappa shape index (κ3) is 4.05. The maximum absolute atomic E-state index is 11.8. The van der Waals surface area contributed by atoms with Gasteiger partial charge < -0.3 is 14.5 Å². The molecule has 0 N–H and O–H groups in total. The third-order valence-electron chi connectivity index (χ3n) is 5.24. The minimum Gasteiger partial charge on any atom is -0.461 e. The van der Waals surface area contributed by atoms with Crippen molar-refractivity contribution < 1.29 is 9.53 Å². The molecule has 0 aromatic carbocycles. The van der Waals surface area contributed by atoms with Crippen molar-refractivity contribution in [2.24, 2.45) is 0 Å². The van der Waals surface area contributed by atoms with Crippen LogP contribution < -0.4 is 9.80 Å². The van der Waals surface area contributed by atoms with Crippen molar-refractivity contribution in [2.75, 3.05) is 42.6 Å². The first-order chi connectivity index (χ1) is 13.2. The molecule has 4 heterocycles. The zero-order valence-electron chi connectivity index (χ0n) is 15.6. The van der Waals surface area contributed by atoms with Crippen molar-refractivity contribution in [3.8, 4) is 0 Å². The molecular weight excluding hydrogens is 362 g/mol. The van der Waals surface area contributed by atoms with E-state index in [-0.39, 0.29) is 5.97 Å². The molecular formula is C19H25N5O2S. The molecule has 0 spiro atoms. The second-order valence-electron chi connectivity index (χ2n) is 6.98. The van der Waals surface area contributed by atoms with Crippen molar-refractivity contribution >= 4 is 28.9 Å². The van der Waals surface area contributed by atoms with Crippen LogP contribution in [0.4, 0.5) is 11.6 Å². The van der Waals surface area contributed by atoms with Crippen molar-refractivity contribution in [3.63, 3.8) is 0 Å². The lowest BCUT2D eigenvalue weighted by atomic mass is 9.97. The summed E-state index contributed by atoms with van der Waals surface area (Å²) >= 11 is 1.56. The van der Waals surface area contributed by atoms with E-state index in [0.717, 1.165) is 55.7 Å². The van der Waals surface area contributed by atoms with Gasteiger partial charge >= 0.3 is 5.97 Å². The lowest BCUT2D eigenvalue weighted by Gasteiger charge is -2.32. The van der Waals surface area contributed by atoms with Gasteiger partial charge in [0.2, 0.25) is 0 Å². The van der Waals surface area contributed by atoms with Crippen LogP contribution in [0.5, 0.6) is 0 Å². The van der Waals surface area contributed by atoms with E-state index in [1.54, 1.807) is 17.7 Å². The molecule has 2 aromatic rings. The largest absolute Gasteiger partial charge is 0.461 e. The molecule has 0 bridgehead atoms. The van der Waals surface area contributed by atoms with Crippen LogP contribution in [0.25, 0.3) is 0 Å². The van der Waals surface area contributed by atoms with Crippen LogP contribution in [-0.2, 0) is 4.74 Å². The lowest BCUT2D eigenvalue weighted by Crippen LogP contribution is -2.33. The van der Waals surface area contributed by atoms with Crippen LogP contribution in [0.3, 0.4) is 0 Å². The Kier molecular flexibility index (Phi) is 5.52. The van der Waals surface area contributed by atoms with Crippen molar-refractivity contribution in [2.45, 2.75) is 38.5 Å². The molecule has 0 radical (unpaired) electrons. The highest BCUT2D eigenvalue weighted by atomic mass is 32.1. The molecule has 0 amide bonds. The fraction of sp³-hybridized carbons (Fsp3) is 0.579. The molecule has 4 rings (SSSR count). The molecule has 0 saturated carbocycles. The van der Waals surface area contributed by atoms with E-state index in [9.17, 15) is 4.79 Å². The Labute approximate surface area is 163 Å². The molecule has 0 atom stereocenters. The molecule has 8 heteroatoms. The van der Waals surface area contributed by atoms with Crippen LogP contribution in [-0.4, -0.2) is 53.7 Å². The van der Waals surface area contributed by atoms with Gasteiger partial charge in [0.05, 0.1) is 11.6 Å². The monoisotopic (exact) mass is 387 g/mol. The smallest absolute Gasteiger partial charge is 0.357 e. The first-order valence-electron chi connectivity index (χ1n) is 9.69. The zero-order chi connectivity index (χ0) is 18.6. The van der Waals surface area contributed by atoms with E-state index in [1.807, 2.05) is 12.3 Å². The van der Waals surface area contributed by atoms with E-state index < -0.39 is 0 Å². The molecule has 0 aliphatic carbocycles. The molecule has 2 aliphatic rings. The van der Waals surface area contributed by atoms with E-state index >= 15 is 0 Å². The fourth-order valence-electron chi connectivity index (χ4n) is 3.76. The summed E-state index contributed by atoms with van der Waals surface area (Å²) in [7, 11) is 0. The predicted octanol–water partition coefficient (Wildman–Crippen LogP) is 3.09. The van der Waals surface area contributed by atoms with E-state index in [2.05, 4.69) is 30.8 Å². The van der Waals surface area contributed by atoms with Gasteiger partial charge in [0, 0.05) is 43.5 Å². The number of thiazole rings is 1. The molecule has 2 aromatic heterocycles. The average Bonchev–Trinajstić information content (AvgIpc) is 3.41. The lowest BCUT2D eigenvalue weighted by molar-refractivity contribution is 0.0520. The van der Waals surface area contributed by atoms with Crippen LogP contribution in [0.1, 0.15) is 54.0 Å². The fourth-order valence-corrected chi connectivity index (χ4v) is 4.72. The van der Waals surface area contributed by atoms with Gasteiger partial charge in [0.1, 0.15) is 18.0 Å². The number of hydrogen-bond acceptors (Lipinski definition) is 8. The number of aromatic nitrogens is 3. The van der Waals surface area contributed by atoms with Gasteiger partial charge in [-0.1, -0.05) is 0 Å². The van der Waals surface area contributed by atoms with Gasteiger partial charge in [-0.15, -0.1) is 11.3 Å². The Morgan fingerprint density at radius 1 is 1.15 bits per heavy atom. The molecule has 144 valence electrons. The van der Waals surface area contributed by atoms with Crippen LogP contribution >= 0.6 is 11.3 Å². The number of carbonyl (C=O) groups is 1. The van der Waals surface area contributed by atoms with Crippen LogP contribution in [0, 0.1) is 0 Å². The number of anilines is 2. The second-order valence-corrected chi connectivity index (χ2v) is 7.87. The summed E-state index contributed by atoms with van der Waals surface area (Å²) < 4.78 is 5.04. The minimum atomic E-state index is -0.326. The number of carbonyl (C=O) groups excluding carboxylic acids is 1. The predicted molar refractivity (Wildman–Crippen MR) is 106 cm³/mol. The topological polar surface area (TPSA) is 71.5 Å². The molecule has 0 unspecified atom stereocenters. The maximum Gasteiger partial charge on any atom is 0.357 e. The van der Waals surface area contributed by atoms with Gasteiger partial charge in [-0.25, -0.2) is 19.7 Å². The summed E-state index contributed by atoms with van der Waals surface area (Å²) in [4.78, 5) is 29.9. The molecule has 7 nitrogen and oxygen atoms in total. The first kappa shape index (κ1) is 18.2. The number of ether oxygens (including phenoxy) is 1. The van der Waals surface area contributed by atoms with Gasteiger partial charge in [0.25, 0.3) is 0 Å². The summed E-state index contributed by atoms with van der Waals surface area (Å²) in [6.07, 6.45) is 6.19. The van der Waals surface area contributed by atoms with Crippen molar-refractivity contribution in [1.29, 1.82) is 0 Å². The third-order valence-corrected chi connectivity index (χ3v) is 6.25. The van der Waals surface area contributed by atoms with Gasteiger partial charge in [-0.2, -0.15) is 0 Å². The standard InChI is InChI=1S/C19H25N5O2S/c1-2-26-19(25)15-12-27-18(22-15)14-5-9-24(10-6-14)17-11-16(20-13-21-17)23-7-3-4-8-23/h11-14H,2-10H2,1H3. The summed E-state index contributed by atoms with van der Waals surface area (Å²) in [5, 5.41) is 2.85.